The van der Waals surface area contributed by atoms with Crippen LogP contribution in [0.15, 0.2) is 24.5 Å². The van der Waals surface area contributed by atoms with E-state index in [1.54, 1.807) is 0 Å². The van der Waals surface area contributed by atoms with Crippen LogP contribution in [0.4, 0.5) is 0 Å². The molecular weight excluding hydrogens is 290 g/mol. The van der Waals surface area contributed by atoms with Gasteiger partial charge in [0, 0.05) is 24.7 Å². The number of aromatic nitrogens is 2. The molecule has 0 unspecified atom stereocenters. The standard InChI is InChI=1S/C14H17N3O3S/c1-10-2-3-12-16-11(7-17(12)6-10)8-21-9-13(18)15-5-4-14(19)20/h2-3,6-7H,4-5,8-9H2,1H3,(H,15,18)(H,19,20). The Hall–Kier alpha value is -2.02. The van der Waals surface area contributed by atoms with Gasteiger partial charge >= 0.3 is 5.97 Å². The Morgan fingerprint density at radius 3 is 2.95 bits per heavy atom. The zero-order valence-corrected chi connectivity index (χ0v) is 12.5. The van der Waals surface area contributed by atoms with Gasteiger partial charge in [-0.05, 0) is 18.6 Å². The van der Waals surface area contributed by atoms with Gasteiger partial charge in [-0.25, -0.2) is 4.98 Å². The highest BCUT2D eigenvalue weighted by atomic mass is 32.2. The molecule has 0 saturated carbocycles. The highest BCUT2D eigenvalue weighted by Gasteiger charge is 2.05. The van der Waals surface area contributed by atoms with E-state index in [4.69, 9.17) is 5.11 Å². The molecule has 21 heavy (non-hydrogen) atoms. The highest BCUT2D eigenvalue weighted by molar-refractivity contribution is 7.99. The molecule has 0 spiro atoms. The molecule has 0 atom stereocenters. The number of carboxylic acid groups (broad SMARTS) is 1. The number of thioether (sulfide) groups is 1. The summed E-state index contributed by atoms with van der Waals surface area (Å²) in [7, 11) is 0. The van der Waals surface area contributed by atoms with E-state index < -0.39 is 5.97 Å². The fourth-order valence-corrected chi connectivity index (χ4v) is 2.57. The van der Waals surface area contributed by atoms with E-state index in [2.05, 4.69) is 10.3 Å². The van der Waals surface area contributed by atoms with Crippen molar-refractivity contribution in [3.8, 4) is 0 Å². The van der Waals surface area contributed by atoms with E-state index in [1.807, 2.05) is 35.9 Å². The van der Waals surface area contributed by atoms with Crippen LogP contribution < -0.4 is 5.32 Å². The molecule has 0 aliphatic carbocycles. The van der Waals surface area contributed by atoms with Crippen molar-refractivity contribution in [3.63, 3.8) is 0 Å². The number of carboxylic acids is 1. The summed E-state index contributed by atoms with van der Waals surface area (Å²) < 4.78 is 1.97. The van der Waals surface area contributed by atoms with E-state index in [-0.39, 0.29) is 18.9 Å². The van der Waals surface area contributed by atoms with Gasteiger partial charge in [0.15, 0.2) is 0 Å². The van der Waals surface area contributed by atoms with E-state index in [0.717, 1.165) is 16.9 Å². The maximum Gasteiger partial charge on any atom is 0.305 e. The van der Waals surface area contributed by atoms with Crippen molar-refractivity contribution in [2.45, 2.75) is 19.1 Å². The summed E-state index contributed by atoms with van der Waals surface area (Å²) in [4.78, 5) is 26.3. The topological polar surface area (TPSA) is 83.7 Å². The Kier molecular flexibility index (Phi) is 5.21. The van der Waals surface area contributed by atoms with Crippen LogP contribution in [0, 0.1) is 6.92 Å². The first-order valence-electron chi connectivity index (χ1n) is 6.55. The monoisotopic (exact) mass is 307 g/mol. The average molecular weight is 307 g/mol. The molecule has 2 aromatic heterocycles. The van der Waals surface area contributed by atoms with Crippen LogP contribution in [0.2, 0.25) is 0 Å². The Labute approximate surface area is 126 Å². The van der Waals surface area contributed by atoms with Gasteiger partial charge in [-0.3, -0.25) is 9.59 Å². The van der Waals surface area contributed by atoms with E-state index in [1.165, 1.54) is 11.8 Å². The molecule has 112 valence electrons. The largest absolute Gasteiger partial charge is 0.481 e. The normalized spacial score (nSPS) is 10.7. The third-order valence-corrected chi connectivity index (χ3v) is 3.76. The first kappa shape index (κ1) is 15.4. The van der Waals surface area contributed by atoms with Gasteiger partial charge in [0.05, 0.1) is 17.9 Å². The number of aryl methyl sites for hydroxylation is 1. The molecule has 0 aromatic carbocycles. The third-order valence-electron chi connectivity index (χ3n) is 2.79. The lowest BCUT2D eigenvalue weighted by Crippen LogP contribution is -2.27. The number of aliphatic carboxylic acids is 1. The quantitative estimate of drug-likeness (QED) is 0.809. The summed E-state index contributed by atoms with van der Waals surface area (Å²) in [6, 6.07) is 3.97. The van der Waals surface area contributed by atoms with Crippen LogP contribution in [0.1, 0.15) is 17.7 Å². The SMILES string of the molecule is Cc1ccc2nc(CSCC(=O)NCCC(=O)O)cn2c1. The van der Waals surface area contributed by atoms with Gasteiger partial charge in [0.2, 0.25) is 5.91 Å². The first-order chi connectivity index (χ1) is 10.0. The summed E-state index contributed by atoms with van der Waals surface area (Å²) in [6.07, 6.45) is 3.91. The molecular formula is C14H17N3O3S. The molecule has 0 fully saturated rings. The Morgan fingerprint density at radius 1 is 1.38 bits per heavy atom. The van der Waals surface area contributed by atoms with Crippen LogP contribution in [0.25, 0.3) is 5.65 Å². The second-order valence-corrected chi connectivity index (χ2v) is 5.68. The lowest BCUT2D eigenvalue weighted by molar-refractivity contribution is -0.136. The molecule has 2 rings (SSSR count). The van der Waals surface area contributed by atoms with Crippen LogP contribution >= 0.6 is 11.8 Å². The van der Waals surface area contributed by atoms with Crippen LogP contribution in [0.3, 0.4) is 0 Å². The summed E-state index contributed by atoms with van der Waals surface area (Å²) in [5.74, 6) is -0.122. The summed E-state index contributed by atoms with van der Waals surface area (Å²) in [6.45, 7) is 2.19. The van der Waals surface area contributed by atoms with E-state index in [9.17, 15) is 9.59 Å². The maximum absolute atomic E-state index is 11.5. The molecule has 0 bridgehead atoms. The number of hydrogen-bond donors (Lipinski definition) is 2. The number of pyridine rings is 1. The molecule has 2 N–H and O–H groups in total. The lowest BCUT2D eigenvalue weighted by atomic mass is 10.3. The average Bonchev–Trinajstić information content (AvgIpc) is 2.80. The van der Waals surface area contributed by atoms with Gasteiger partial charge in [0.25, 0.3) is 0 Å². The number of rotatable bonds is 7. The zero-order valence-electron chi connectivity index (χ0n) is 11.7. The van der Waals surface area contributed by atoms with E-state index >= 15 is 0 Å². The number of carbonyl (C=O) groups excluding carboxylic acids is 1. The molecule has 6 nitrogen and oxygen atoms in total. The molecule has 0 aliphatic rings. The van der Waals surface area contributed by atoms with E-state index in [0.29, 0.717) is 11.5 Å². The Bertz CT molecular complexity index is 654. The number of nitrogens with one attached hydrogen (secondary N) is 1. The van der Waals surface area contributed by atoms with Gasteiger partial charge in [-0.2, -0.15) is 0 Å². The predicted molar refractivity (Wildman–Crippen MR) is 81.4 cm³/mol. The zero-order chi connectivity index (χ0) is 15.2. The van der Waals surface area contributed by atoms with Crippen molar-refractivity contribution in [1.82, 2.24) is 14.7 Å². The summed E-state index contributed by atoms with van der Waals surface area (Å²) >= 11 is 1.46. The van der Waals surface area contributed by atoms with Gasteiger partial charge in [-0.1, -0.05) is 6.07 Å². The number of imidazole rings is 1. The van der Waals surface area contributed by atoms with Crippen molar-refractivity contribution in [2.24, 2.45) is 0 Å². The maximum atomic E-state index is 11.5. The minimum Gasteiger partial charge on any atom is -0.481 e. The number of carbonyl (C=O) groups is 2. The van der Waals surface area contributed by atoms with Gasteiger partial charge in [0.1, 0.15) is 5.65 Å². The molecule has 0 aliphatic heterocycles. The van der Waals surface area contributed by atoms with Crippen molar-refractivity contribution in [1.29, 1.82) is 0 Å². The minimum absolute atomic E-state index is 0.0534. The van der Waals surface area contributed by atoms with Gasteiger partial charge < -0.3 is 14.8 Å². The Balaban J connectivity index is 1.77. The number of amides is 1. The Morgan fingerprint density at radius 2 is 2.19 bits per heavy atom. The second kappa shape index (κ2) is 7.12. The fraction of sp³-hybridized carbons (Fsp3) is 0.357. The van der Waals surface area contributed by atoms with Gasteiger partial charge in [-0.15, -0.1) is 11.8 Å². The molecule has 1 amide bonds. The molecule has 7 heteroatoms. The van der Waals surface area contributed by atoms with Crippen LogP contribution in [0.5, 0.6) is 0 Å². The number of fused-ring (bicyclic) bond motifs is 1. The highest BCUT2D eigenvalue weighted by Crippen LogP contribution is 2.13. The molecule has 0 saturated heterocycles. The first-order valence-corrected chi connectivity index (χ1v) is 7.70. The fourth-order valence-electron chi connectivity index (χ4n) is 1.83. The molecule has 0 radical (unpaired) electrons. The van der Waals surface area contributed by atoms with Crippen molar-refractivity contribution >= 4 is 29.3 Å². The third kappa shape index (κ3) is 4.78. The second-order valence-electron chi connectivity index (χ2n) is 4.69. The predicted octanol–water partition coefficient (Wildman–Crippen LogP) is 1.47. The smallest absolute Gasteiger partial charge is 0.305 e. The minimum atomic E-state index is -0.914. The van der Waals surface area contributed by atoms with Crippen LogP contribution in [-0.2, 0) is 15.3 Å². The molecule has 2 heterocycles. The van der Waals surface area contributed by atoms with Crippen molar-refractivity contribution in [3.05, 3.63) is 35.8 Å². The summed E-state index contributed by atoms with van der Waals surface area (Å²) in [5, 5.41) is 11.0. The van der Waals surface area contributed by atoms with Crippen molar-refractivity contribution < 1.29 is 14.7 Å². The lowest BCUT2D eigenvalue weighted by Gasteiger charge is -2.02. The van der Waals surface area contributed by atoms with Crippen molar-refractivity contribution in [2.75, 3.05) is 12.3 Å². The molecule has 2 aromatic rings. The number of hydrogen-bond acceptors (Lipinski definition) is 4. The number of nitrogens with zero attached hydrogens (tertiary/aromatic N) is 2. The van der Waals surface area contributed by atoms with Crippen LogP contribution in [-0.4, -0.2) is 38.7 Å². The summed E-state index contributed by atoms with van der Waals surface area (Å²) in [5.41, 5.74) is 2.97.